The molecule has 1 aromatic carbocycles. The molecular weight excluding hydrogens is 490 g/mol. The van der Waals surface area contributed by atoms with E-state index in [0.29, 0.717) is 17.7 Å². The van der Waals surface area contributed by atoms with Crippen LogP contribution in [0, 0.1) is 27.7 Å². The van der Waals surface area contributed by atoms with Crippen molar-refractivity contribution in [1.29, 1.82) is 5.26 Å². The standard InChI is InChI=1S/C21H13F4N7O2S/c22-13-2-4-15(16(23)7-13)20(33,11-32-19(35)29-30-31-32)21(24,25)17-5-3-14(10-27-17)34-18-6-1-12(8-26)9-28-18/h1-7,9-10,33H,11H2,(H,29,31,35). The van der Waals surface area contributed by atoms with Crippen molar-refractivity contribution in [1.82, 2.24) is 30.2 Å². The highest BCUT2D eigenvalue weighted by Gasteiger charge is 2.58. The van der Waals surface area contributed by atoms with Crippen molar-refractivity contribution >= 4 is 12.2 Å². The molecule has 0 spiro atoms. The predicted molar refractivity (Wildman–Crippen MR) is 113 cm³/mol. The van der Waals surface area contributed by atoms with Crippen LogP contribution in [-0.4, -0.2) is 35.3 Å². The first-order valence-corrected chi connectivity index (χ1v) is 10.1. The van der Waals surface area contributed by atoms with Crippen molar-refractivity contribution in [3.63, 3.8) is 0 Å². The Morgan fingerprint density at radius 2 is 1.91 bits per heavy atom. The Morgan fingerprint density at radius 1 is 1.11 bits per heavy atom. The summed E-state index contributed by atoms with van der Waals surface area (Å²) in [5.74, 6) is -6.54. The maximum atomic E-state index is 15.8. The molecule has 4 rings (SSSR count). The van der Waals surface area contributed by atoms with Crippen LogP contribution >= 0.6 is 12.2 Å². The van der Waals surface area contributed by atoms with Gasteiger partial charge < -0.3 is 9.84 Å². The average Bonchev–Trinajstić information content (AvgIpc) is 3.23. The number of nitrogens with zero attached hydrogens (tertiary/aromatic N) is 6. The Morgan fingerprint density at radius 3 is 2.49 bits per heavy atom. The summed E-state index contributed by atoms with van der Waals surface area (Å²) < 4.78 is 65.6. The molecule has 178 valence electrons. The van der Waals surface area contributed by atoms with Gasteiger partial charge in [0.2, 0.25) is 10.7 Å². The number of tetrazole rings is 1. The number of hydrogen-bond donors (Lipinski definition) is 2. The molecule has 0 amide bonds. The lowest BCUT2D eigenvalue weighted by Crippen LogP contribution is -2.48. The molecule has 1 atom stereocenters. The lowest BCUT2D eigenvalue weighted by molar-refractivity contribution is -0.208. The van der Waals surface area contributed by atoms with Gasteiger partial charge in [-0.15, -0.1) is 0 Å². The molecule has 2 N–H and O–H groups in total. The molecule has 9 nitrogen and oxygen atoms in total. The van der Waals surface area contributed by atoms with Gasteiger partial charge in [0.15, 0.2) is 5.60 Å². The third-order valence-electron chi connectivity index (χ3n) is 4.96. The second-order valence-electron chi connectivity index (χ2n) is 7.21. The smallest absolute Gasteiger partial charge is 0.323 e. The fraction of sp³-hybridized carbons (Fsp3) is 0.143. The van der Waals surface area contributed by atoms with Crippen LogP contribution in [0.25, 0.3) is 0 Å². The second kappa shape index (κ2) is 9.20. The molecule has 0 aliphatic carbocycles. The minimum Gasteiger partial charge on any atom is -0.437 e. The van der Waals surface area contributed by atoms with Crippen LogP contribution in [0.5, 0.6) is 11.6 Å². The minimum absolute atomic E-state index is 0.0262. The Labute approximate surface area is 199 Å². The highest BCUT2D eigenvalue weighted by Crippen LogP contribution is 2.47. The summed E-state index contributed by atoms with van der Waals surface area (Å²) in [4.78, 5) is 7.58. The van der Waals surface area contributed by atoms with Gasteiger partial charge in [-0.1, -0.05) is 10.3 Å². The molecule has 3 aromatic heterocycles. The average molecular weight is 503 g/mol. The summed E-state index contributed by atoms with van der Waals surface area (Å²) in [7, 11) is 0. The van der Waals surface area contributed by atoms with Crippen LogP contribution in [0.4, 0.5) is 17.6 Å². The van der Waals surface area contributed by atoms with Crippen molar-refractivity contribution in [2.45, 2.75) is 18.1 Å². The highest BCUT2D eigenvalue weighted by molar-refractivity contribution is 7.71. The van der Waals surface area contributed by atoms with E-state index < -0.39 is 41.0 Å². The maximum Gasteiger partial charge on any atom is 0.323 e. The second-order valence-corrected chi connectivity index (χ2v) is 7.57. The lowest BCUT2D eigenvalue weighted by Gasteiger charge is -2.36. The Balaban J connectivity index is 1.71. The van der Waals surface area contributed by atoms with Gasteiger partial charge in [0.05, 0.1) is 18.3 Å². The third kappa shape index (κ3) is 4.59. The SMILES string of the molecule is N#Cc1ccc(Oc2ccc(C(F)(F)C(O)(Cn3[nH]nnc3=S)c3ccc(F)cc3F)nc2)nc1. The minimum atomic E-state index is -4.23. The van der Waals surface area contributed by atoms with E-state index in [4.69, 9.17) is 22.2 Å². The summed E-state index contributed by atoms with van der Waals surface area (Å²) in [5.41, 5.74) is -4.83. The number of nitriles is 1. The predicted octanol–water partition coefficient (Wildman–Crippen LogP) is 3.75. The first kappa shape index (κ1) is 23.9. The molecule has 0 bridgehead atoms. The molecule has 0 aliphatic rings. The molecule has 35 heavy (non-hydrogen) atoms. The normalized spacial score (nSPS) is 13.1. The van der Waals surface area contributed by atoms with Crippen molar-refractivity contribution in [2.24, 2.45) is 0 Å². The summed E-state index contributed by atoms with van der Waals surface area (Å²) >= 11 is 4.88. The molecule has 14 heteroatoms. The Hall–Kier alpha value is -4.22. The third-order valence-corrected chi connectivity index (χ3v) is 5.26. The van der Waals surface area contributed by atoms with Crippen molar-refractivity contribution in [2.75, 3.05) is 0 Å². The summed E-state index contributed by atoms with van der Waals surface area (Å²) in [6.07, 6.45) is 2.21. The fourth-order valence-corrected chi connectivity index (χ4v) is 3.34. The van der Waals surface area contributed by atoms with Crippen molar-refractivity contribution in [3.05, 3.63) is 88.1 Å². The first-order valence-electron chi connectivity index (χ1n) is 9.68. The number of alkyl halides is 2. The van der Waals surface area contributed by atoms with E-state index in [-0.39, 0.29) is 16.4 Å². The van der Waals surface area contributed by atoms with E-state index in [1.807, 2.05) is 6.07 Å². The topological polar surface area (TPSA) is 126 Å². The van der Waals surface area contributed by atoms with Gasteiger partial charge in [0.25, 0.3) is 0 Å². The number of ether oxygens (including phenoxy) is 1. The molecule has 0 saturated carbocycles. The number of aliphatic hydroxyl groups is 1. The number of nitrogens with one attached hydrogen (secondary N) is 1. The van der Waals surface area contributed by atoms with E-state index in [1.54, 1.807) is 0 Å². The zero-order valence-corrected chi connectivity index (χ0v) is 18.2. The first-order chi connectivity index (χ1) is 16.6. The molecule has 0 fully saturated rings. The van der Waals surface area contributed by atoms with Gasteiger partial charge in [0, 0.05) is 23.9 Å². The van der Waals surface area contributed by atoms with Crippen molar-refractivity contribution < 1.29 is 27.4 Å². The van der Waals surface area contributed by atoms with E-state index >= 15 is 8.78 Å². The lowest BCUT2D eigenvalue weighted by atomic mass is 9.84. The van der Waals surface area contributed by atoms with Crippen LogP contribution in [-0.2, 0) is 18.1 Å². The van der Waals surface area contributed by atoms with Gasteiger partial charge in [-0.2, -0.15) is 19.3 Å². The Bertz CT molecular complexity index is 1450. The Kier molecular flexibility index (Phi) is 6.29. The summed E-state index contributed by atoms with van der Waals surface area (Å²) in [6.45, 7) is -1.01. The summed E-state index contributed by atoms with van der Waals surface area (Å²) in [6, 6.07) is 8.57. The zero-order chi connectivity index (χ0) is 25.2. The van der Waals surface area contributed by atoms with Gasteiger partial charge >= 0.3 is 5.92 Å². The van der Waals surface area contributed by atoms with Crippen molar-refractivity contribution in [3.8, 4) is 17.7 Å². The number of H-pyrrole nitrogens is 1. The van der Waals surface area contributed by atoms with Crippen LogP contribution < -0.4 is 4.74 Å². The van der Waals surface area contributed by atoms with Gasteiger partial charge in [-0.05, 0) is 42.5 Å². The molecule has 3 heterocycles. The number of aromatic nitrogens is 6. The highest BCUT2D eigenvalue weighted by atomic mass is 32.1. The fourth-order valence-electron chi connectivity index (χ4n) is 3.19. The van der Waals surface area contributed by atoms with Crippen LogP contribution in [0.2, 0.25) is 0 Å². The number of halogens is 4. The molecule has 1 unspecified atom stereocenters. The zero-order valence-electron chi connectivity index (χ0n) is 17.4. The number of pyridine rings is 2. The van der Waals surface area contributed by atoms with Crippen LogP contribution in [0.3, 0.4) is 0 Å². The number of aromatic amines is 1. The van der Waals surface area contributed by atoms with E-state index in [9.17, 15) is 13.9 Å². The van der Waals surface area contributed by atoms with E-state index in [0.717, 1.165) is 29.1 Å². The van der Waals surface area contributed by atoms with Gasteiger partial charge in [-0.25, -0.2) is 18.4 Å². The molecule has 0 saturated heterocycles. The van der Waals surface area contributed by atoms with Gasteiger partial charge in [0.1, 0.15) is 29.1 Å². The molecule has 0 aliphatic heterocycles. The largest absolute Gasteiger partial charge is 0.437 e. The van der Waals surface area contributed by atoms with E-state index in [1.165, 1.54) is 18.3 Å². The maximum absolute atomic E-state index is 15.8. The molecule has 0 radical (unpaired) electrons. The summed E-state index contributed by atoms with van der Waals surface area (Å²) in [5, 5.41) is 29.1. The molecule has 4 aromatic rings. The van der Waals surface area contributed by atoms with Gasteiger partial charge in [-0.3, -0.25) is 4.98 Å². The number of hydrogen-bond acceptors (Lipinski definition) is 8. The number of benzene rings is 1. The van der Waals surface area contributed by atoms with Crippen LogP contribution in [0.1, 0.15) is 16.8 Å². The van der Waals surface area contributed by atoms with Crippen LogP contribution in [0.15, 0.2) is 54.9 Å². The number of rotatable bonds is 7. The quantitative estimate of drug-likeness (QED) is 0.289. The monoisotopic (exact) mass is 503 g/mol. The molecular formula is C21H13F4N7O2S. The van der Waals surface area contributed by atoms with E-state index in [2.05, 4.69) is 25.5 Å².